The van der Waals surface area contributed by atoms with E-state index in [4.69, 9.17) is 14.8 Å². The molecule has 2 aliphatic rings. The summed E-state index contributed by atoms with van der Waals surface area (Å²) in [5, 5.41) is 23.4. The highest BCUT2D eigenvalue weighted by molar-refractivity contribution is 5.93. The average molecular weight is 540 g/mol. The number of rotatable bonds is 8. The lowest BCUT2D eigenvalue weighted by Crippen LogP contribution is -2.32. The van der Waals surface area contributed by atoms with Gasteiger partial charge in [-0.25, -0.2) is 9.37 Å². The van der Waals surface area contributed by atoms with Crippen LogP contribution in [0.1, 0.15) is 85.6 Å². The first kappa shape index (κ1) is 28.4. The molecule has 1 aliphatic carbocycles. The molecular weight excluding hydrogens is 505 g/mol. The van der Waals surface area contributed by atoms with Crippen LogP contribution in [0.2, 0.25) is 0 Å². The van der Waals surface area contributed by atoms with Crippen molar-refractivity contribution in [2.24, 2.45) is 0 Å². The van der Waals surface area contributed by atoms with E-state index in [1.807, 2.05) is 13.8 Å². The number of aliphatic hydroxyl groups is 2. The van der Waals surface area contributed by atoms with Crippen LogP contribution in [0.25, 0.3) is 22.3 Å². The second-order valence-corrected chi connectivity index (χ2v) is 9.63. The van der Waals surface area contributed by atoms with Crippen LogP contribution >= 0.6 is 0 Å². The summed E-state index contributed by atoms with van der Waals surface area (Å²) in [5.41, 5.74) is 4.45. The highest BCUT2D eigenvalue weighted by atomic mass is 19.1. The first-order valence-corrected chi connectivity index (χ1v) is 13.3. The number of ether oxygens (including phenoxy) is 1. The minimum Gasteiger partial charge on any atom is -0.463 e. The molecule has 3 heterocycles. The number of amides is 1. The smallest absolute Gasteiger partial charge is 0.293 e. The number of aromatic nitrogens is 2. The highest BCUT2D eigenvalue weighted by Gasteiger charge is 2.35. The summed E-state index contributed by atoms with van der Waals surface area (Å²) in [6, 6.07) is 2.68. The van der Waals surface area contributed by atoms with Crippen molar-refractivity contribution in [3.05, 3.63) is 61.7 Å². The summed E-state index contributed by atoms with van der Waals surface area (Å²) in [6.45, 7) is 7.31. The van der Waals surface area contributed by atoms with Crippen LogP contribution in [0.3, 0.4) is 0 Å². The number of halogens is 1. The third-order valence-electron chi connectivity index (χ3n) is 7.41. The van der Waals surface area contributed by atoms with Gasteiger partial charge in [-0.15, -0.1) is 0 Å². The Morgan fingerprint density at radius 1 is 1.33 bits per heavy atom. The first-order valence-electron chi connectivity index (χ1n) is 13.3. The Balaban J connectivity index is 0.00000172. The lowest BCUT2D eigenvalue weighted by molar-refractivity contribution is -0.130. The molecule has 2 unspecified atom stereocenters. The van der Waals surface area contributed by atoms with Crippen LogP contribution in [0.5, 0.6) is 0 Å². The normalized spacial score (nSPS) is 15.6. The maximum Gasteiger partial charge on any atom is 0.293 e. The van der Waals surface area contributed by atoms with Crippen LogP contribution in [0, 0.1) is 12.7 Å². The molecule has 1 aromatic carbocycles. The Labute approximate surface area is 225 Å². The van der Waals surface area contributed by atoms with E-state index in [1.165, 1.54) is 17.6 Å². The number of nitrogens with one attached hydrogen (secondary N) is 1. The van der Waals surface area contributed by atoms with E-state index < -0.39 is 11.7 Å². The number of carbonyl (C=O) groups is 2. The summed E-state index contributed by atoms with van der Waals surface area (Å²) in [4.78, 5) is 41.7. The van der Waals surface area contributed by atoms with E-state index in [2.05, 4.69) is 5.32 Å². The molecule has 1 amide bonds. The Hall–Kier alpha value is -3.63. The monoisotopic (exact) mass is 539 g/mol. The van der Waals surface area contributed by atoms with Crippen LogP contribution < -0.4 is 10.9 Å². The van der Waals surface area contributed by atoms with Gasteiger partial charge in [-0.2, -0.15) is 0 Å². The predicted octanol–water partition coefficient (Wildman–Crippen LogP) is 3.50. The molecule has 9 nitrogen and oxygen atoms in total. The average Bonchev–Trinajstić information content (AvgIpc) is 3.30. The topological polar surface area (TPSA) is 131 Å². The molecule has 1 aliphatic heterocycles. The van der Waals surface area contributed by atoms with Gasteiger partial charge in [0.15, 0.2) is 0 Å². The molecule has 5 rings (SSSR count). The molecule has 0 bridgehead atoms. The fourth-order valence-electron chi connectivity index (χ4n) is 5.65. The van der Waals surface area contributed by atoms with Gasteiger partial charge in [0.05, 0.1) is 41.2 Å². The zero-order valence-corrected chi connectivity index (χ0v) is 22.6. The van der Waals surface area contributed by atoms with Crippen LogP contribution in [-0.2, 0) is 33.9 Å². The molecule has 39 heavy (non-hydrogen) atoms. The summed E-state index contributed by atoms with van der Waals surface area (Å²) >= 11 is 0. The lowest BCUT2D eigenvalue weighted by atomic mass is 9.81. The number of benzene rings is 1. The first-order chi connectivity index (χ1) is 18.8. The third-order valence-corrected chi connectivity index (χ3v) is 7.41. The molecule has 3 N–H and O–H groups in total. The molecule has 0 saturated heterocycles. The maximum absolute atomic E-state index is 14.9. The van der Waals surface area contributed by atoms with Crippen molar-refractivity contribution in [3.63, 3.8) is 0 Å². The largest absolute Gasteiger partial charge is 0.463 e. The fraction of sp³-hybridized carbons (Fsp3) is 0.448. The van der Waals surface area contributed by atoms with Gasteiger partial charge >= 0.3 is 0 Å². The predicted molar refractivity (Wildman–Crippen MR) is 144 cm³/mol. The number of pyridine rings is 2. The third kappa shape index (κ3) is 4.94. The number of hydrogen-bond donors (Lipinski definition) is 3. The Kier molecular flexibility index (Phi) is 8.46. The van der Waals surface area contributed by atoms with E-state index in [-0.39, 0.29) is 56.0 Å². The van der Waals surface area contributed by atoms with Gasteiger partial charge in [0.1, 0.15) is 12.4 Å². The second kappa shape index (κ2) is 11.6. The van der Waals surface area contributed by atoms with Crippen LogP contribution in [-0.4, -0.2) is 38.8 Å². The van der Waals surface area contributed by atoms with E-state index in [9.17, 15) is 23.9 Å². The summed E-state index contributed by atoms with van der Waals surface area (Å²) in [6.07, 6.45) is 0.631. The molecule has 3 aromatic rings. The maximum atomic E-state index is 14.9. The standard InChI is InChI=1S/C27H28FN3O6.C2H6/c1-13-15-5-6-20(29-23(35)4-3-7-32)25-17-10-31-22(26(17)30-21(24(15)25)9-19(13)28)8-16(14(2)34)18(27(31)36)11-37-12-33;1-2/h8-9,12,14,20,32,34H,3-7,10-11H2,1-2H3,(H,29,35);1-2H3. The van der Waals surface area contributed by atoms with Gasteiger partial charge in [-0.1, -0.05) is 13.8 Å². The van der Waals surface area contributed by atoms with E-state index in [0.29, 0.717) is 47.3 Å². The van der Waals surface area contributed by atoms with Crippen molar-refractivity contribution >= 4 is 23.3 Å². The summed E-state index contributed by atoms with van der Waals surface area (Å²) < 4.78 is 21.3. The van der Waals surface area contributed by atoms with Gasteiger partial charge in [0.25, 0.3) is 12.0 Å². The van der Waals surface area contributed by atoms with Crippen molar-refractivity contribution in [1.29, 1.82) is 0 Å². The van der Waals surface area contributed by atoms with Crippen molar-refractivity contribution < 1.29 is 28.9 Å². The Morgan fingerprint density at radius 2 is 2.08 bits per heavy atom. The molecule has 10 heteroatoms. The highest BCUT2D eigenvalue weighted by Crippen LogP contribution is 2.45. The number of carbonyl (C=O) groups excluding carboxylic acids is 2. The van der Waals surface area contributed by atoms with Gasteiger partial charge in [0.2, 0.25) is 5.91 Å². The minimum atomic E-state index is -1.00. The van der Waals surface area contributed by atoms with Crippen molar-refractivity contribution in [2.75, 3.05) is 6.61 Å². The van der Waals surface area contributed by atoms with Crippen LogP contribution in [0.4, 0.5) is 4.39 Å². The molecule has 208 valence electrons. The van der Waals surface area contributed by atoms with E-state index in [1.54, 1.807) is 13.0 Å². The molecule has 2 atom stereocenters. The van der Waals surface area contributed by atoms with Gasteiger partial charge in [0, 0.05) is 30.0 Å². The molecule has 2 aromatic heterocycles. The molecule has 0 radical (unpaired) electrons. The number of fused-ring (bicyclic) bond motifs is 4. The second-order valence-electron chi connectivity index (χ2n) is 9.63. The molecule has 0 saturated carbocycles. The fourth-order valence-corrected chi connectivity index (χ4v) is 5.65. The van der Waals surface area contributed by atoms with Gasteiger partial charge in [-0.05, 0) is 61.4 Å². The van der Waals surface area contributed by atoms with Crippen molar-refractivity contribution in [1.82, 2.24) is 14.9 Å². The zero-order chi connectivity index (χ0) is 28.4. The number of hydrogen-bond acceptors (Lipinski definition) is 7. The minimum absolute atomic E-state index is 0.0890. The Morgan fingerprint density at radius 3 is 2.74 bits per heavy atom. The van der Waals surface area contributed by atoms with Gasteiger partial charge < -0.3 is 24.8 Å². The SMILES string of the molecule is CC.Cc1c(F)cc2nc3c(c4c2c1CCC4NC(=O)CCCO)Cn1c-3cc(C(C)O)c(COC=O)c1=O. The number of nitrogens with zero attached hydrogens (tertiary/aromatic N) is 2. The number of aryl methyl sites for hydroxylation is 1. The number of aliphatic hydroxyl groups excluding tert-OH is 2. The Bertz CT molecular complexity index is 1500. The van der Waals surface area contributed by atoms with Crippen molar-refractivity contribution in [2.45, 2.75) is 78.7 Å². The molecule has 0 spiro atoms. The van der Waals surface area contributed by atoms with Gasteiger partial charge in [-0.3, -0.25) is 14.4 Å². The van der Waals surface area contributed by atoms with E-state index >= 15 is 0 Å². The quantitative estimate of drug-likeness (QED) is 0.292. The molecular formula is C29H34FN3O6. The van der Waals surface area contributed by atoms with E-state index in [0.717, 1.165) is 22.1 Å². The van der Waals surface area contributed by atoms with Crippen molar-refractivity contribution in [3.8, 4) is 11.4 Å². The van der Waals surface area contributed by atoms with Crippen LogP contribution in [0.15, 0.2) is 16.9 Å². The zero-order valence-electron chi connectivity index (χ0n) is 22.6. The molecule has 0 fully saturated rings. The summed E-state index contributed by atoms with van der Waals surface area (Å²) in [7, 11) is 0. The summed E-state index contributed by atoms with van der Waals surface area (Å²) in [5.74, 6) is -0.565. The lowest BCUT2D eigenvalue weighted by Gasteiger charge is -2.29.